The van der Waals surface area contributed by atoms with E-state index in [1.54, 1.807) is 6.26 Å². The second-order valence-corrected chi connectivity index (χ2v) is 6.64. The zero-order chi connectivity index (χ0) is 14.6. The molecular weight excluding hydrogens is 252 g/mol. The number of hydrogen-bond donors (Lipinski definition) is 2. The van der Waals surface area contributed by atoms with Crippen molar-refractivity contribution >= 4 is 5.91 Å². The van der Waals surface area contributed by atoms with E-state index in [0.717, 1.165) is 12.2 Å². The third-order valence-electron chi connectivity index (χ3n) is 4.10. The summed E-state index contributed by atoms with van der Waals surface area (Å²) in [5.41, 5.74) is 0.389. The van der Waals surface area contributed by atoms with E-state index in [0.29, 0.717) is 18.0 Å². The molecule has 2 atom stereocenters. The fraction of sp³-hybridized carbons (Fsp3) is 0.688. The molecule has 0 radical (unpaired) electrons. The third-order valence-corrected chi connectivity index (χ3v) is 4.10. The molecule has 0 aliphatic heterocycles. The molecule has 1 aliphatic rings. The summed E-state index contributed by atoms with van der Waals surface area (Å²) in [5.74, 6) is 0.814. The van der Waals surface area contributed by atoms with E-state index < -0.39 is 0 Å². The van der Waals surface area contributed by atoms with Crippen molar-refractivity contribution in [2.45, 2.75) is 65.1 Å². The van der Waals surface area contributed by atoms with Crippen molar-refractivity contribution in [3.63, 3.8) is 0 Å². The summed E-state index contributed by atoms with van der Waals surface area (Å²) < 4.78 is 5.21. The average molecular weight is 278 g/mol. The first-order valence-corrected chi connectivity index (χ1v) is 7.52. The van der Waals surface area contributed by atoms with Gasteiger partial charge in [-0.2, -0.15) is 0 Å². The number of furan rings is 1. The lowest BCUT2D eigenvalue weighted by Crippen LogP contribution is -2.48. The van der Waals surface area contributed by atoms with Crippen molar-refractivity contribution in [2.75, 3.05) is 0 Å². The van der Waals surface area contributed by atoms with Gasteiger partial charge in [-0.05, 0) is 43.7 Å². The van der Waals surface area contributed by atoms with E-state index in [1.165, 1.54) is 19.3 Å². The predicted octanol–water partition coefficient (Wildman–Crippen LogP) is 2.84. The molecule has 0 spiro atoms. The van der Waals surface area contributed by atoms with Gasteiger partial charge in [-0.3, -0.25) is 4.79 Å². The first-order chi connectivity index (χ1) is 9.46. The van der Waals surface area contributed by atoms with E-state index in [9.17, 15) is 4.79 Å². The molecule has 4 heteroatoms. The van der Waals surface area contributed by atoms with Crippen LogP contribution >= 0.6 is 0 Å². The highest BCUT2D eigenvalue weighted by molar-refractivity contribution is 5.81. The Bertz CT molecular complexity index is 426. The van der Waals surface area contributed by atoms with Gasteiger partial charge in [-0.1, -0.05) is 20.3 Å². The molecule has 0 saturated heterocycles. The van der Waals surface area contributed by atoms with Gasteiger partial charge < -0.3 is 15.1 Å². The molecule has 0 aromatic carbocycles. The smallest absolute Gasteiger partial charge is 0.237 e. The van der Waals surface area contributed by atoms with Crippen LogP contribution in [0.1, 0.15) is 52.2 Å². The molecule has 1 heterocycles. The van der Waals surface area contributed by atoms with Crippen LogP contribution in [-0.2, 0) is 11.3 Å². The van der Waals surface area contributed by atoms with Crippen LogP contribution in [0.3, 0.4) is 0 Å². The molecule has 2 rings (SSSR count). The Morgan fingerprint density at radius 2 is 2.35 bits per heavy atom. The third kappa shape index (κ3) is 4.37. The van der Waals surface area contributed by atoms with Crippen LogP contribution in [-0.4, -0.2) is 18.0 Å². The predicted molar refractivity (Wildman–Crippen MR) is 79.2 cm³/mol. The molecule has 0 bridgehead atoms. The second kappa shape index (κ2) is 6.44. The van der Waals surface area contributed by atoms with Crippen LogP contribution in [0.15, 0.2) is 22.8 Å². The van der Waals surface area contributed by atoms with E-state index in [-0.39, 0.29) is 11.9 Å². The normalized spacial score (nSPS) is 23.2. The van der Waals surface area contributed by atoms with Crippen molar-refractivity contribution in [1.82, 2.24) is 10.6 Å². The minimum absolute atomic E-state index is 0.0322. The SMILES string of the molecule is CC(NC1CCCC(C)(C)C1)C(=O)NCc1ccco1. The zero-order valence-electron chi connectivity index (χ0n) is 12.7. The molecule has 4 nitrogen and oxygen atoms in total. The van der Waals surface area contributed by atoms with Crippen molar-refractivity contribution in [3.05, 3.63) is 24.2 Å². The van der Waals surface area contributed by atoms with Crippen LogP contribution < -0.4 is 10.6 Å². The Hall–Kier alpha value is -1.29. The number of carbonyl (C=O) groups is 1. The maximum Gasteiger partial charge on any atom is 0.237 e. The number of hydrogen-bond acceptors (Lipinski definition) is 3. The summed E-state index contributed by atoms with van der Waals surface area (Å²) in [4.78, 5) is 12.1. The van der Waals surface area contributed by atoms with E-state index >= 15 is 0 Å². The van der Waals surface area contributed by atoms with E-state index in [1.807, 2.05) is 19.1 Å². The van der Waals surface area contributed by atoms with Gasteiger partial charge in [0.1, 0.15) is 5.76 Å². The number of rotatable bonds is 5. The maximum atomic E-state index is 12.1. The van der Waals surface area contributed by atoms with Gasteiger partial charge in [0.15, 0.2) is 0 Å². The molecule has 2 N–H and O–H groups in total. The molecule has 20 heavy (non-hydrogen) atoms. The number of nitrogens with one attached hydrogen (secondary N) is 2. The first-order valence-electron chi connectivity index (χ1n) is 7.52. The highest BCUT2D eigenvalue weighted by Gasteiger charge is 2.29. The van der Waals surface area contributed by atoms with E-state index in [2.05, 4.69) is 24.5 Å². The molecule has 112 valence electrons. The Labute approximate surface area is 121 Å². The van der Waals surface area contributed by atoms with Gasteiger partial charge in [0, 0.05) is 6.04 Å². The highest BCUT2D eigenvalue weighted by atomic mass is 16.3. The van der Waals surface area contributed by atoms with E-state index in [4.69, 9.17) is 4.42 Å². The highest BCUT2D eigenvalue weighted by Crippen LogP contribution is 2.35. The Morgan fingerprint density at radius 3 is 3.00 bits per heavy atom. The second-order valence-electron chi connectivity index (χ2n) is 6.64. The van der Waals surface area contributed by atoms with Crippen LogP contribution in [0.2, 0.25) is 0 Å². The minimum atomic E-state index is -0.163. The van der Waals surface area contributed by atoms with Crippen LogP contribution in [0.25, 0.3) is 0 Å². The van der Waals surface area contributed by atoms with Crippen LogP contribution in [0.4, 0.5) is 0 Å². The largest absolute Gasteiger partial charge is 0.467 e. The Balaban J connectivity index is 1.76. The van der Waals surface area contributed by atoms with Crippen LogP contribution in [0.5, 0.6) is 0 Å². The molecule has 1 fully saturated rings. The van der Waals surface area contributed by atoms with Crippen molar-refractivity contribution in [2.24, 2.45) is 5.41 Å². The summed E-state index contributed by atoms with van der Waals surface area (Å²) in [5, 5.41) is 6.36. The Morgan fingerprint density at radius 1 is 1.55 bits per heavy atom. The summed E-state index contributed by atoms with van der Waals surface area (Å²) in [6.45, 7) is 7.00. The van der Waals surface area contributed by atoms with Gasteiger partial charge in [-0.25, -0.2) is 0 Å². The van der Waals surface area contributed by atoms with Gasteiger partial charge in [0.05, 0.1) is 18.8 Å². The number of carbonyl (C=O) groups excluding carboxylic acids is 1. The standard InChI is InChI=1S/C16H26N2O2/c1-12(15(19)17-11-14-7-5-9-20-14)18-13-6-4-8-16(2,3)10-13/h5,7,9,12-13,18H,4,6,8,10-11H2,1-3H3,(H,17,19). The number of amides is 1. The fourth-order valence-corrected chi connectivity index (χ4v) is 3.01. The first kappa shape index (κ1) is 15.1. The van der Waals surface area contributed by atoms with Crippen molar-refractivity contribution in [3.8, 4) is 0 Å². The molecule has 1 aromatic rings. The molecule has 1 aliphatic carbocycles. The van der Waals surface area contributed by atoms with Crippen LogP contribution in [0, 0.1) is 5.41 Å². The Kier molecular flexibility index (Phi) is 4.86. The molecule has 1 aromatic heterocycles. The molecule has 1 amide bonds. The lowest BCUT2D eigenvalue weighted by Gasteiger charge is -2.36. The van der Waals surface area contributed by atoms with Crippen molar-refractivity contribution in [1.29, 1.82) is 0 Å². The van der Waals surface area contributed by atoms with Gasteiger partial charge >= 0.3 is 0 Å². The average Bonchev–Trinajstić information content (AvgIpc) is 2.87. The lowest BCUT2D eigenvalue weighted by molar-refractivity contribution is -0.123. The molecular formula is C16H26N2O2. The molecule has 1 saturated carbocycles. The maximum absolute atomic E-state index is 12.1. The van der Waals surface area contributed by atoms with Crippen molar-refractivity contribution < 1.29 is 9.21 Å². The monoisotopic (exact) mass is 278 g/mol. The quantitative estimate of drug-likeness (QED) is 0.871. The van der Waals surface area contributed by atoms with Gasteiger partial charge in [0.2, 0.25) is 5.91 Å². The zero-order valence-corrected chi connectivity index (χ0v) is 12.7. The molecule has 2 unspecified atom stereocenters. The summed E-state index contributed by atoms with van der Waals surface area (Å²) in [6, 6.07) is 3.97. The minimum Gasteiger partial charge on any atom is -0.467 e. The topological polar surface area (TPSA) is 54.3 Å². The summed E-state index contributed by atoms with van der Waals surface area (Å²) in [6.07, 6.45) is 6.45. The summed E-state index contributed by atoms with van der Waals surface area (Å²) in [7, 11) is 0. The summed E-state index contributed by atoms with van der Waals surface area (Å²) >= 11 is 0. The lowest BCUT2D eigenvalue weighted by atomic mass is 9.75. The van der Waals surface area contributed by atoms with Gasteiger partial charge in [0.25, 0.3) is 0 Å². The fourth-order valence-electron chi connectivity index (χ4n) is 3.01. The van der Waals surface area contributed by atoms with Gasteiger partial charge in [-0.15, -0.1) is 0 Å².